The molecule has 2 aromatic carbocycles. The second-order valence-electron chi connectivity index (χ2n) is 3.86. The van der Waals surface area contributed by atoms with Gasteiger partial charge in [-0.2, -0.15) is 0 Å². The zero-order valence-corrected chi connectivity index (χ0v) is 13.7. The molecule has 0 atom stereocenters. The van der Waals surface area contributed by atoms with E-state index in [9.17, 15) is 0 Å². The second kappa shape index (κ2) is 6.75. The molecule has 0 aromatic heterocycles. The fourth-order valence-electron chi connectivity index (χ4n) is 1.61. The lowest BCUT2D eigenvalue weighted by atomic mass is 10.2. The summed E-state index contributed by atoms with van der Waals surface area (Å²) in [4.78, 5) is 2.44. The van der Waals surface area contributed by atoms with Gasteiger partial charge in [-0.05, 0) is 64.8 Å². The molecule has 18 heavy (non-hydrogen) atoms. The number of hydrogen-bond acceptors (Lipinski definition) is 2. The number of nitrogens with two attached hydrogens (primary N) is 1. The average molecular weight is 387 g/mol. The lowest BCUT2D eigenvalue weighted by Gasteiger charge is -2.07. The van der Waals surface area contributed by atoms with E-state index in [2.05, 4.69) is 62.2 Å². The third-order valence-corrected chi connectivity index (χ3v) is 4.93. The van der Waals surface area contributed by atoms with Crippen molar-refractivity contribution >= 4 is 43.6 Å². The van der Waals surface area contributed by atoms with Crippen LogP contribution in [0.3, 0.4) is 0 Å². The molecule has 0 aliphatic carbocycles. The molecule has 0 spiro atoms. The van der Waals surface area contributed by atoms with Crippen LogP contribution in [0.1, 0.15) is 5.56 Å². The van der Waals surface area contributed by atoms with Gasteiger partial charge in [-0.15, -0.1) is 0 Å². The van der Waals surface area contributed by atoms with E-state index in [1.54, 1.807) is 11.8 Å². The molecule has 94 valence electrons. The average Bonchev–Trinajstić information content (AvgIpc) is 2.33. The largest absolute Gasteiger partial charge is 0.330 e. The van der Waals surface area contributed by atoms with E-state index in [1.165, 1.54) is 15.4 Å². The first-order valence-corrected chi connectivity index (χ1v) is 8.01. The molecule has 0 aliphatic rings. The molecule has 0 amide bonds. The Morgan fingerprint density at radius 2 is 1.89 bits per heavy atom. The van der Waals surface area contributed by atoms with E-state index in [4.69, 9.17) is 5.73 Å². The summed E-state index contributed by atoms with van der Waals surface area (Å²) in [6.07, 6.45) is 0.917. The van der Waals surface area contributed by atoms with Crippen LogP contribution in [-0.2, 0) is 6.42 Å². The molecular formula is C14H13Br2NS. The van der Waals surface area contributed by atoms with Crippen molar-refractivity contribution < 1.29 is 0 Å². The van der Waals surface area contributed by atoms with Crippen molar-refractivity contribution in [3.63, 3.8) is 0 Å². The number of rotatable bonds is 4. The Balaban J connectivity index is 2.19. The molecule has 0 heterocycles. The Hall–Kier alpha value is -0.290. The van der Waals surface area contributed by atoms with Gasteiger partial charge < -0.3 is 5.73 Å². The third-order valence-electron chi connectivity index (χ3n) is 2.45. The van der Waals surface area contributed by atoms with Crippen LogP contribution in [-0.4, -0.2) is 6.54 Å². The van der Waals surface area contributed by atoms with Gasteiger partial charge in [0.05, 0.1) is 0 Å². The molecule has 0 aliphatic heterocycles. The minimum atomic E-state index is 0.685. The second-order valence-corrected chi connectivity index (χ2v) is 6.75. The van der Waals surface area contributed by atoms with Crippen molar-refractivity contribution in [2.24, 2.45) is 5.73 Å². The first-order chi connectivity index (χ1) is 8.69. The zero-order chi connectivity index (χ0) is 13.0. The summed E-state index contributed by atoms with van der Waals surface area (Å²) in [7, 11) is 0. The molecule has 2 aromatic rings. The number of halogens is 2. The Kier molecular flexibility index (Phi) is 5.30. The van der Waals surface area contributed by atoms with Gasteiger partial charge in [-0.1, -0.05) is 39.8 Å². The molecule has 2 rings (SSSR count). The summed E-state index contributed by atoms with van der Waals surface area (Å²) in [6, 6.07) is 14.7. The van der Waals surface area contributed by atoms with Crippen molar-refractivity contribution in [1.82, 2.24) is 0 Å². The molecule has 0 radical (unpaired) electrons. The van der Waals surface area contributed by atoms with Gasteiger partial charge in [-0.3, -0.25) is 0 Å². The highest BCUT2D eigenvalue weighted by atomic mass is 79.9. The normalized spacial score (nSPS) is 10.6. The summed E-state index contributed by atoms with van der Waals surface area (Å²) >= 11 is 8.85. The van der Waals surface area contributed by atoms with Gasteiger partial charge in [0.15, 0.2) is 0 Å². The van der Waals surface area contributed by atoms with Gasteiger partial charge in [0.1, 0.15) is 0 Å². The van der Waals surface area contributed by atoms with E-state index in [0.717, 1.165) is 15.4 Å². The lowest BCUT2D eigenvalue weighted by molar-refractivity contribution is 0.965. The number of hydrogen-bond donors (Lipinski definition) is 1. The fraction of sp³-hybridized carbons (Fsp3) is 0.143. The molecule has 4 heteroatoms. The fourth-order valence-corrected chi connectivity index (χ4v) is 3.71. The smallest absolute Gasteiger partial charge is 0.0317 e. The Morgan fingerprint density at radius 3 is 2.56 bits per heavy atom. The van der Waals surface area contributed by atoms with Crippen LogP contribution in [0.4, 0.5) is 0 Å². The van der Waals surface area contributed by atoms with Gasteiger partial charge in [-0.25, -0.2) is 0 Å². The molecular weight excluding hydrogens is 374 g/mol. The minimum absolute atomic E-state index is 0.685. The third kappa shape index (κ3) is 3.85. The summed E-state index contributed by atoms with van der Waals surface area (Å²) in [5.74, 6) is 0. The maximum absolute atomic E-state index is 5.56. The molecule has 0 saturated carbocycles. The zero-order valence-electron chi connectivity index (χ0n) is 9.70. The monoisotopic (exact) mass is 385 g/mol. The van der Waals surface area contributed by atoms with E-state index in [1.807, 2.05) is 12.1 Å². The summed E-state index contributed by atoms with van der Waals surface area (Å²) in [6.45, 7) is 0.685. The van der Waals surface area contributed by atoms with E-state index in [0.29, 0.717) is 6.54 Å². The molecule has 1 nitrogen and oxygen atoms in total. The van der Waals surface area contributed by atoms with E-state index < -0.39 is 0 Å². The molecule has 0 unspecified atom stereocenters. The van der Waals surface area contributed by atoms with Crippen LogP contribution < -0.4 is 5.73 Å². The molecule has 0 saturated heterocycles. The lowest BCUT2D eigenvalue weighted by Crippen LogP contribution is -2.02. The summed E-state index contributed by atoms with van der Waals surface area (Å²) in [5, 5.41) is 0. The van der Waals surface area contributed by atoms with Gasteiger partial charge >= 0.3 is 0 Å². The molecule has 0 bridgehead atoms. The van der Waals surface area contributed by atoms with Crippen LogP contribution in [0.2, 0.25) is 0 Å². The van der Waals surface area contributed by atoms with E-state index in [-0.39, 0.29) is 0 Å². The van der Waals surface area contributed by atoms with Crippen molar-refractivity contribution in [3.05, 3.63) is 57.0 Å². The van der Waals surface area contributed by atoms with Gasteiger partial charge in [0, 0.05) is 18.7 Å². The van der Waals surface area contributed by atoms with Crippen molar-refractivity contribution in [1.29, 1.82) is 0 Å². The van der Waals surface area contributed by atoms with Crippen LogP contribution in [0.15, 0.2) is 61.2 Å². The highest BCUT2D eigenvalue weighted by molar-refractivity contribution is 9.10. The maximum Gasteiger partial charge on any atom is 0.0317 e. The first-order valence-electron chi connectivity index (χ1n) is 5.61. The van der Waals surface area contributed by atoms with Gasteiger partial charge in [0.2, 0.25) is 0 Å². The topological polar surface area (TPSA) is 26.0 Å². The summed E-state index contributed by atoms with van der Waals surface area (Å²) < 4.78 is 2.22. The minimum Gasteiger partial charge on any atom is -0.330 e. The highest BCUT2D eigenvalue weighted by Crippen LogP contribution is 2.35. The summed E-state index contributed by atoms with van der Waals surface area (Å²) in [5.41, 5.74) is 6.83. The molecule has 2 N–H and O–H groups in total. The molecule has 0 fully saturated rings. The quantitative estimate of drug-likeness (QED) is 0.811. The van der Waals surface area contributed by atoms with Crippen molar-refractivity contribution in [3.8, 4) is 0 Å². The van der Waals surface area contributed by atoms with Crippen LogP contribution in [0.5, 0.6) is 0 Å². The predicted molar refractivity (Wildman–Crippen MR) is 85.2 cm³/mol. The predicted octanol–water partition coefficient (Wildman–Crippen LogP) is 4.86. The van der Waals surface area contributed by atoms with Crippen LogP contribution in [0.25, 0.3) is 0 Å². The van der Waals surface area contributed by atoms with Gasteiger partial charge in [0.25, 0.3) is 0 Å². The van der Waals surface area contributed by atoms with E-state index >= 15 is 0 Å². The maximum atomic E-state index is 5.56. The van der Waals surface area contributed by atoms with Crippen molar-refractivity contribution in [2.75, 3.05) is 6.54 Å². The van der Waals surface area contributed by atoms with Crippen LogP contribution >= 0.6 is 43.6 Å². The number of benzene rings is 2. The van der Waals surface area contributed by atoms with Crippen molar-refractivity contribution in [2.45, 2.75) is 16.2 Å². The Labute approximate surface area is 128 Å². The standard InChI is InChI=1S/C14H13Br2NS/c15-11-2-1-3-12(9-11)18-14-5-4-10(6-7-17)8-13(14)16/h1-5,8-9H,6-7,17H2. The Bertz CT molecular complexity index is 543. The van der Waals surface area contributed by atoms with Crippen LogP contribution in [0, 0.1) is 0 Å². The first kappa shape index (κ1) is 14.1. The SMILES string of the molecule is NCCc1ccc(Sc2cccc(Br)c2)c(Br)c1. The highest BCUT2D eigenvalue weighted by Gasteiger charge is 2.04. The Morgan fingerprint density at radius 1 is 1.06 bits per heavy atom.